The van der Waals surface area contributed by atoms with Gasteiger partial charge in [-0.2, -0.15) is 0 Å². The van der Waals surface area contributed by atoms with Gasteiger partial charge in [0.15, 0.2) is 0 Å². The van der Waals surface area contributed by atoms with Crippen LogP contribution in [0.15, 0.2) is 42.5 Å². The van der Waals surface area contributed by atoms with Crippen molar-refractivity contribution in [1.82, 2.24) is 0 Å². The lowest BCUT2D eigenvalue weighted by atomic mass is 9.96. The van der Waals surface area contributed by atoms with E-state index in [1.54, 1.807) is 6.07 Å². The Hall–Kier alpha value is -1.76. The lowest BCUT2D eigenvalue weighted by Gasteiger charge is -2.09. The molecule has 1 heteroatoms. The van der Waals surface area contributed by atoms with E-state index < -0.39 is 0 Å². The van der Waals surface area contributed by atoms with Gasteiger partial charge in [0.1, 0.15) is 5.75 Å². The summed E-state index contributed by atoms with van der Waals surface area (Å²) < 4.78 is 0. The van der Waals surface area contributed by atoms with E-state index in [4.69, 9.17) is 0 Å². The van der Waals surface area contributed by atoms with Crippen molar-refractivity contribution < 1.29 is 5.11 Å². The molecule has 0 amide bonds. The highest BCUT2D eigenvalue weighted by Crippen LogP contribution is 2.28. The van der Waals surface area contributed by atoms with Crippen molar-refractivity contribution in [3.05, 3.63) is 53.6 Å². The molecule has 0 spiro atoms. The summed E-state index contributed by atoms with van der Waals surface area (Å²) in [4.78, 5) is 0. The first kappa shape index (κ1) is 11.7. The molecule has 17 heavy (non-hydrogen) atoms. The van der Waals surface area contributed by atoms with Crippen LogP contribution in [0.25, 0.3) is 11.1 Å². The minimum atomic E-state index is 0.330. The first-order valence-corrected chi connectivity index (χ1v) is 6.15. The number of phenols is 1. The third-order valence-electron chi connectivity index (χ3n) is 3.15. The molecule has 0 heterocycles. The molecule has 2 rings (SSSR count). The van der Waals surface area contributed by atoms with Crippen LogP contribution in [-0.4, -0.2) is 5.11 Å². The first-order valence-electron chi connectivity index (χ1n) is 6.15. The van der Waals surface area contributed by atoms with Crippen molar-refractivity contribution in [1.29, 1.82) is 0 Å². The second-order valence-electron chi connectivity index (χ2n) is 4.25. The molecule has 0 radical (unpaired) electrons. The van der Waals surface area contributed by atoms with Gasteiger partial charge in [-0.05, 0) is 47.2 Å². The average Bonchev–Trinajstić information content (AvgIpc) is 2.39. The molecule has 0 aliphatic heterocycles. The maximum atomic E-state index is 9.60. The van der Waals surface area contributed by atoms with Gasteiger partial charge in [0.05, 0.1) is 0 Å². The lowest BCUT2D eigenvalue weighted by molar-refractivity contribution is 0.475. The van der Waals surface area contributed by atoms with Crippen LogP contribution in [0.3, 0.4) is 0 Å². The Balaban J connectivity index is 2.47. The molecule has 0 bridgehead atoms. The summed E-state index contributed by atoms with van der Waals surface area (Å²) in [5, 5.41) is 9.60. The molecular weight excluding hydrogens is 208 g/mol. The number of rotatable bonds is 3. The Bertz CT molecular complexity index is 497. The van der Waals surface area contributed by atoms with Gasteiger partial charge in [-0.25, -0.2) is 0 Å². The Kier molecular flexibility index (Phi) is 3.48. The van der Waals surface area contributed by atoms with Crippen LogP contribution < -0.4 is 0 Å². The van der Waals surface area contributed by atoms with Crippen LogP contribution in [0.2, 0.25) is 0 Å². The Labute approximate surface area is 103 Å². The summed E-state index contributed by atoms with van der Waals surface area (Å²) in [6, 6.07) is 14.2. The van der Waals surface area contributed by atoms with Gasteiger partial charge >= 0.3 is 0 Å². The molecule has 0 saturated heterocycles. The van der Waals surface area contributed by atoms with Crippen molar-refractivity contribution in [2.45, 2.75) is 26.7 Å². The zero-order valence-electron chi connectivity index (χ0n) is 10.4. The van der Waals surface area contributed by atoms with Crippen LogP contribution >= 0.6 is 0 Å². The van der Waals surface area contributed by atoms with E-state index in [1.807, 2.05) is 12.1 Å². The van der Waals surface area contributed by atoms with Gasteiger partial charge in [-0.15, -0.1) is 0 Å². The first-order chi connectivity index (χ1) is 8.24. The second-order valence-corrected chi connectivity index (χ2v) is 4.25. The predicted molar refractivity (Wildman–Crippen MR) is 72.3 cm³/mol. The minimum Gasteiger partial charge on any atom is -0.508 e. The zero-order chi connectivity index (χ0) is 12.3. The predicted octanol–water partition coefficient (Wildman–Crippen LogP) is 4.18. The lowest BCUT2D eigenvalue weighted by Crippen LogP contribution is -1.88. The summed E-state index contributed by atoms with van der Waals surface area (Å²) in [5.74, 6) is 0.330. The number of aromatic hydroxyl groups is 1. The summed E-state index contributed by atoms with van der Waals surface area (Å²) in [7, 11) is 0. The number of benzene rings is 2. The van der Waals surface area contributed by atoms with Gasteiger partial charge in [0.2, 0.25) is 0 Å². The molecule has 0 aliphatic rings. The fourth-order valence-corrected chi connectivity index (χ4v) is 2.06. The van der Waals surface area contributed by atoms with Crippen molar-refractivity contribution in [3.63, 3.8) is 0 Å². The SMILES string of the molecule is CCc1ccc(-c2cc(O)ccc2CC)cc1. The van der Waals surface area contributed by atoms with Crippen molar-refractivity contribution in [2.75, 3.05) is 0 Å². The van der Waals surface area contributed by atoms with Gasteiger partial charge in [0.25, 0.3) is 0 Å². The zero-order valence-corrected chi connectivity index (χ0v) is 10.4. The molecule has 2 aromatic rings. The molecular formula is C16H18O. The van der Waals surface area contributed by atoms with Crippen molar-refractivity contribution >= 4 is 0 Å². The molecule has 1 nitrogen and oxygen atoms in total. The van der Waals surface area contributed by atoms with E-state index in [0.717, 1.165) is 18.4 Å². The van der Waals surface area contributed by atoms with Crippen molar-refractivity contribution in [2.24, 2.45) is 0 Å². The third-order valence-corrected chi connectivity index (χ3v) is 3.15. The fourth-order valence-electron chi connectivity index (χ4n) is 2.06. The number of phenolic OH excluding ortho intramolecular Hbond substituents is 1. The quantitative estimate of drug-likeness (QED) is 0.832. The van der Waals surface area contributed by atoms with E-state index in [2.05, 4.69) is 38.1 Å². The van der Waals surface area contributed by atoms with E-state index in [1.165, 1.54) is 16.7 Å². The Morgan fingerprint density at radius 3 is 2.18 bits per heavy atom. The molecule has 0 aliphatic carbocycles. The summed E-state index contributed by atoms with van der Waals surface area (Å²) in [6.07, 6.45) is 2.03. The maximum Gasteiger partial charge on any atom is 0.116 e. The van der Waals surface area contributed by atoms with Gasteiger partial charge in [0, 0.05) is 0 Å². The van der Waals surface area contributed by atoms with Crippen LogP contribution in [0, 0.1) is 0 Å². The average molecular weight is 226 g/mol. The standard InChI is InChI=1S/C16H18O/c1-3-12-5-7-14(8-6-12)16-11-15(17)10-9-13(16)4-2/h5-11,17H,3-4H2,1-2H3. The second kappa shape index (κ2) is 5.05. The van der Waals surface area contributed by atoms with Gasteiger partial charge in [-0.1, -0.05) is 44.2 Å². The summed E-state index contributed by atoms with van der Waals surface area (Å²) in [6.45, 7) is 4.29. The molecule has 0 aromatic heterocycles. The number of hydrogen-bond acceptors (Lipinski definition) is 1. The highest BCUT2D eigenvalue weighted by atomic mass is 16.3. The minimum absolute atomic E-state index is 0.330. The van der Waals surface area contributed by atoms with E-state index >= 15 is 0 Å². The maximum absolute atomic E-state index is 9.60. The van der Waals surface area contributed by atoms with Crippen LogP contribution in [-0.2, 0) is 12.8 Å². The smallest absolute Gasteiger partial charge is 0.116 e. The van der Waals surface area contributed by atoms with Crippen LogP contribution in [0.1, 0.15) is 25.0 Å². The highest BCUT2D eigenvalue weighted by molar-refractivity contribution is 5.69. The summed E-state index contributed by atoms with van der Waals surface area (Å²) >= 11 is 0. The molecule has 0 atom stereocenters. The topological polar surface area (TPSA) is 20.2 Å². The largest absolute Gasteiger partial charge is 0.508 e. The Morgan fingerprint density at radius 2 is 1.59 bits per heavy atom. The fraction of sp³-hybridized carbons (Fsp3) is 0.250. The molecule has 2 aromatic carbocycles. The van der Waals surface area contributed by atoms with Gasteiger partial charge < -0.3 is 5.11 Å². The van der Waals surface area contributed by atoms with Crippen LogP contribution in [0.5, 0.6) is 5.75 Å². The molecule has 88 valence electrons. The molecule has 1 N–H and O–H groups in total. The molecule has 0 fully saturated rings. The summed E-state index contributed by atoms with van der Waals surface area (Å²) in [5.41, 5.74) is 4.92. The monoisotopic (exact) mass is 226 g/mol. The number of aryl methyl sites for hydroxylation is 2. The third kappa shape index (κ3) is 2.50. The van der Waals surface area contributed by atoms with Crippen LogP contribution in [0.4, 0.5) is 0 Å². The number of hydrogen-bond donors (Lipinski definition) is 1. The van der Waals surface area contributed by atoms with Crippen molar-refractivity contribution in [3.8, 4) is 16.9 Å². The van der Waals surface area contributed by atoms with E-state index in [9.17, 15) is 5.11 Å². The van der Waals surface area contributed by atoms with Gasteiger partial charge in [-0.3, -0.25) is 0 Å². The molecule has 0 saturated carbocycles. The van der Waals surface area contributed by atoms with E-state index in [0.29, 0.717) is 5.75 Å². The van der Waals surface area contributed by atoms with E-state index in [-0.39, 0.29) is 0 Å². The molecule has 0 unspecified atom stereocenters. The highest BCUT2D eigenvalue weighted by Gasteiger charge is 2.04. The Morgan fingerprint density at radius 1 is 0.882 bits per heavy atom. The normalized spacial score (nSPS) is 10.5.